The van der Waals surface area contributed by atoms with Crippen molar-refractivity contribution in [2.45, 2.75) is 13.8 Å². The van der Waals surface area contributed by atoms with Crippen LogP contribution in [0.2, 0.25) is 0 Å². The van der Waals surface area contributed by atoms with Crippen LogP contribution in [-0.4, -0.2) is 56.0 Å². The highest BCUT2D eigenvalue weighted by Crippen LogP contribution is 2.17. The summed E-state index contributed by atoms with van der Waals surface area (Å²) in [6.07, 6.45) is 0. The molecule has 2 aromatic rings. The van der Waals surface area contributed by atoms with Gasteiger partial charge in [0, 0.05) is 63.1 Å². The normalized spacial score (nSPS) is 14.6. The number of nitrogens with one attached hydrogen (secondary N) is 2. The summed E-state index contributed by atoms with van der Waals surface area (Å²) >= 11 is 0. The summed E-state index contributed by atoms with van der Waals surface area (Å²) in [6, 6.07) is 15.5. The molecule has 1 fully saturated rings. The van der Waals surface area contributed by atoms with Crippen LogP contribution in [-0.2, 0) is 4.79 Å². The number of benzene rings is 2. The first-order chi connectivity index (χ1) is 13.5. The lowest BCUT2D eigenvalue weighted by Gasteiger charge is -2.36. The molecule has 0 atom stereocenters. The van der Waals surface area contributed by atoms with Gasteiger partial charge >= 0.3 is 0 Å². The Labute approximate surface area is 166 Å². The molecule has 148 valence electrons. The number of aryl methyl sites for hydroxylation is 1. The Morgan fingerprint density at radius 2 is 1.71 bits per heavy atom. The monoisotopic (exact) mass is 380 g/mol. The molecule has 1 aliphatic rings. The van der Waals surface area contributed by atoms with Gasteiger partial charge in [-0.15, -0.1) is 0 Å². The third kappa shape index (κ3) is 5.57. The fourth-order valence-electron chi connectivity index (χ4n) is 3.39. The van der Waals surface area contributed by atoms with Crippen LogP contribution in [0.15, 0.2) is 48.5 Å². The van der Waals surface area contributed by atoms with E-state index in [1.807, 2.05) is 0 Å². The Kier molecular flexibility index (Phi) is 6.66. The van der Waals surface area contributed by atoms with Crippen LogP contribution in [0.5, 0.6) is 0 Å². The number of carbonyl (C=O) groups excluding carboxylic acids is 2. The third-order valence-corrected chi connectivity index (χ3v) is 4.92. The van der Waals surface area contributed by atoms with Crippen molar-refractivity contribution in [3.05, 3.63) is 59.7 Å². The van der Waals surface area contributed by atoms with E-state index in [1.54, 1.807) is 24.3 Å². The maximum Gasteiger partial charge on any atom is 0.251 e. The van der Waals surface area contributed by atoms with Gasteiger partial charge in [0.2, 0.25) is 5.91 Å². The van der Waals surface area contributed by atoms with Crippen molar-refractivity contribution in [2.24, 2.45) is 0 Å². The second-order valence-electron chi connectivity index (χ2n) is 7.18. The minimum absolute atomic E-state index is 0.0900. The Morgan fingerprint density at radius 1 is 1.00 bits per heavy atom. The van der Waals surface area contributed by atoms with E-state index in [0.717, 1.165) is 32.7 Å². The molecular weight excluding hydrogens is 352 g/mol. The van der Waals surface area contributed by atoms with E-state index in [2.05, 4.69) is 51.6 Å². The van der Waals surface area contributed by atoms with Gasteiger partial charge in [0.1, 0.15) is 0 Å². The van der Waals surface area contributed by atoms with Gasteiger partial charge in [0.15, 0.2) is 0 Å². The van der Waals surface area contributed by atoms with Gasteiger partial charge < -0.3 is 15.5 Å². The zero-order chi connectivity index (χ0) is 19.9. The molecule has 1 saturated heterocycles. The minimum atomic E-state index is -0.125. The van der Waals surface area contributed by atoms with Gasteiger partial charge in [-0.2, -0.15) is 0 Å². The van der Waals surface area contributed by atoms with Gasteiger partial charge in [-0.25, -0.2) is 0 Å². The molecule has 6 nitrogen and oxygen atoms in total. The highest BCUT2D eigenvalue weighted by Gasteiger charge is 2.17. The van der Waals surface area contributed by atoms with Crippen molar-refractivity contribution in [1.82, 2.24) is 10.2 Å². The quantitative estimate of drug-likeness (QED) is 0.808. The molecule has 0 saturated carbocycles. The van der Waals surface area contributed by atoms with Gasteiger partial charge in [-0.3, -0.25) is 14.5 Å². The van der Waals surface area contributed by atoms with E-state index in [4.69, 9.17) is 0 Å². The largest absolute Gasteiger partial charge is 0.369 e. The SMILES string of the molecule is CC(=O)Nc1ccc(C(=O)NCCN2CCN(c3cccc(C)c3)CC2)cc1. The van der Waals surface area contributed by atoms with Crippen molar-refractivity contribution >= 4 is 23.2 Å². The lowest BCUT2D eigenvalue weighted by Crippen LogP contribution is -2.48. The summed E-state index contributed by atoms with van der Waals surface area (Å²) in [4.78, 5) is 28.1. The van der Waals surface area contributed by atoms with E-state index >= 15 is 0 Å². The molecule has 1 aliphatic heterocycles. The summed E-state index contributed by atoms with van der Waals surface area (Å²) in [5.74, 6) is -0.215. The molecule has 2 N–H and O–H groups in total. The molecule has 0 radical (unpaired) electrons. The predicted octanol–water partition coefficient (Wildman–Crippen LogP) is 2.51. The van der Waals surface area contributed by atoms with Gasteiger partial charge in [0.25, 0.3) is 5.91 Å². The van der Waals surface area contributed by atoms with Crippen molar-refractivity contribution in [1.29, 1.82) is 0 Å². The molecule has 0 bridgehead atoms. The van der Waals surface area contributed by atoms with E-state index in [-0.39, 0.29) is 11.8 Å². The third-order valence-electron chi connectivity index (χ3n) is 4.92. The van der Waals surface area contributed by atoms with Gasteiger partial charge in [-0.1, -0.05) is 12.1 Å². The highest BCUT2D eigenvalue weighted by molar-refractivity contribution is 5.95. The number of nitrogens with zero attached hydrogens (tertiary/aromatic N) is 2. The standard InChI is InChI=1S/C22H28N4O2/c1-17-4-3-5-21(16-17)26-14-12-25(13-15-26)11-10-23-22(28)19-6-8-20(9-7-19)24-18(2)27/h3-9,16H,10-15H2,1-2H3,(H,23,28)(H,24,27). The maximum atomic E-state index is 12.3. The number of piperazine rings is 1. The molecule has 0 aliphatic carbocycles. The maximum absolute atomic E-state index is 12.3. The number of hydrogen-bond donors (Lipinski definition) is 2. The van der Waals surface area contributed by atoms with Crippen LogP contribution in [0.1, 0.15) is 22.8 Å². The topological polar surface area (TPSA) is 64.7 Å². The zero-order valence-electron chi connectivity index (χ0n) is 16.6. The zero-order valence-corrected chi connectivity index (χ0v) is 16.6. The van der Waals surface area contributed by atoms with Crippen LogP contribution in [0.25, 0.3) is 0 Å². The summed E-state index contributed by atoms with van der Waals surface area (Å²) in [5, 5.41) is 5.67. The highest BCUT2D eigenvalue weighted by atomic mass is 16.2. The molecule has 6 heteroatoms. The van der Waals surface area contributed by atoms with Crippen LogP contribution in [0, 0.1) is 6.92 Å². The molecule has 2 amide bonds. The second kappa shape index (κ2) is 9.37. The van der Waals surface area contributed by atoms with E-state index < -0.39 is 0 Å². The Morgan fingerprint density at radius 3 is 2.36 bits per heavy atom. The minimum Gasteiger partial charge on any atom is -0.369 e. The summed E-state index contributed by atoms with van der Waals surface area (Å²) < 4.78 is 0. The van der Waals surface area contributed by atoms with Crippen LogP contribution in [0.3, 0.4) is 0 Å². The Hall–Kier alpha value is -2.86. The first kappa shape index (κ1) is 19.9. The van der Waals surface area contributed by atoms with Crippen molar-refractivity contribution in [3.63, 3.8) is 0 Å². The van der Waals surface area contributed by atoms with Crippen LogP contribution in [0.4, 0.5) is 11.4 Å². The molecule has 0 aromatic heterocycles. The molecule has 0 spiro atoms. The van der Waals surface area contributed by atoms with Crippen LogP contribution >= 0.6 is 0 Å². The first-order valence-corrected chi connectivity index (χ1v) is 9.71. The predicted molar refractivity (Wildman–Crippen MR) is 113 cm³/mol. The lowest BCUT2D eigenvalue weighted by atomic mass is 10.2. The second-order valence-corrected chi connectivity index (χ2v) is 7.18. The van der Waals surface area contributed by atoms with E-state index in [1.165, 1.54) is 18.2 Å². The van der Waals surface area contributed by atoms with Gasteiger partial charge in [-0.05, 0) is 48.9 Å². The Balaban J connectivity index is 1.39. The summed E-state index contributed by atoms with van der Waals surface area (Å²) in [7, 11) is 0. The van der Waals surface area contributed by atoms with Crippen molar-refractivity contribution in [3.8, 4) is 0 Å². The number of amides is 2. The number of carbonyl (C=O) groups is 2. The fourth-order valence-corrected chi connectivity index (χ4v) is 3.39. The lowest BCUT2D eigenvalue weighted by molar-refractivity contribution is -0.114. The number of rotatable bonds is 6. The smallest absolute Gasteiger partial charge is 0.251 e. The molecule has 0 unspecified atom stereocenters. The van der Waals surface area contributed by atoms with E-state index in [9.17, 15) is 9.59 Å². The summed E-state index contributed by atoms with van der Waals surface area (Å²) in [6.45, 7) is 9.04. The van der Waals surface area contributed by atoms with Crippen molar-refractivity contribution in [2.75, 3.05) is 49.5 Å². The first-order valence-electron chi connectivity index (χ1n) is 9.71. The molecular formula is C22H28N4O2. The molecule has 2 aromatic carbocycles. The number of hydrogen-bond acceptors (Lipinski definition) is 4. The Bertz CT molecular complexity index is 812. The fraction of sp³-hybridized carbons (Fsp3) is 0.364. The van der Waals surface area contributed by atoms with Gasteiger partial charge in [0.05, 0.1) is 0 Å². The molecule has 3 rings (SSSR count). The van der Waals surface area contributed by atoms with Crippen LogP contribution < -0.4 is 15.5 Å². The molecule has 1 heterocycles. The average Bonchev–Trinajstić information content (AvgIpc) is 2.68. The average molecular weight is 380 g/mol. The van der Waals surface area contributed by atoms with E-state index in [0.29, 0.717) is 17.8 Å². The number of anilines is 2. The summed E-state index contributed by atoms with van der Waals surface area (Å²) in [5.41, 5.74) is 3.86. The molecule has 28 heavy (non-hydrogen) atoms. The van der Waals surface area contributed by atoms with Crippen molar-refractivity contribution < 1.29 is 9.59 Å².